The number of hydrogen-bond acceptors (Lipinski definition) is 9. The predicted molar refractivity (Wildman–Crippen MR) is 167 cm³/mol. The Hall–Kier alpha value is -4.58. The number of anilines is 3. The molecule has 3 aliphatic rings. The van der Waals surface area contributed by atoms with Gasteiger partial charge in [-0.15, -0.1) is 12.8 Å². The largest absolute Gasteiger partial charge is 0.487 e. The van der Waals surface area contributed by atoms with E-state index in [1.54, 1.807) is 12.5 Å². The molecular weight excluding hydrogens is 514 g/mol. The maximum Gasteiger partial charge on any atom is 0.172 e. The molecule has 5 heterocycles. The normalized spacial score (nSPS) is 17.2. The lowest BCUT2D eigenvalue weighted by Gasteiger charge is -2.40. The zero-order valence-corrected chi connectivity index (χ0v) is 24.4. The van der Waals surface area contributed by atoms with Gasteiger partial charge >= 0.3 is 0 Å². The summed E-state index contributed by atoms with van der Waals surface area (Å²) in [6.45, 7) is 10.6. The van der Waals surface area contributed by atoms with E-state index in [1.165, 1.54) is 19.3 Å². The van der Waals surface area contributed by atoms with Gasteiger partial charge in [0.1, 0.15) is 30.0 Å². The fourth-order valence-corrected chi connectivity index (χ4v) is 4.89. The summed E-state index contributed by atoms with van der Waals surface area (Å²) in [7, 11) is 0. The molecule has 9 heteroatoms. The first-order valence-corrected chi connectivity index (χ1v) is 14.2. The van der Waals surface area contributed by atoms with Crippen molar-refractivity contribution in [1.29, 1.82) is 0 Å². The highest BCUT2D eigenvalue weighted by atomic mass is 16.5. The highest BCUT2D eigenvalue weighted by molar-refractivity contribution is 5.90. The van der Waals surface area contributed by atoms with Gasteiger partial charge in [0, 0.05) is 30.7 Å². The second kappa shape index (κ2) is 14.2. The third kappa shape index (κ3) is 6.95. The molecule has 1 N–H and O–H groups in total. The molecule has 1 atom stereocenters. The van der Waals surface area contributed by atoms with Crippen LogP contribution in [0, 0.1) is 19.8 Å². The van der Waals surface area contributed by atoms with E-state index >= 15 is 0 Å². The molecule has 1 aromatic carbocycles. The molecule has 0 spiro atoms. The first-order chi connectivity index (χ1) is 20.1. The third-order valence-electron chi connectivity index (χ3n) is 6.71. The van der Waals surface area contributed by atoms with Gasteiger partial charge in [0.2, 0.25) is 0 Å². The van der Waals surface area contributed by atoms with E-state index in [9.17, 15) is 0 Å². The molecular formula is C32H39N7O2. The Morgan fingerprint density at radius 1 is 1.20 bits per heavy atom. The standard InChI is InChI=1S/C27H29N7O2.C3H8.C2H2/c1-3-30-33-12-9-21(10-13-33)36-23-8-7-19(14-18(23)2)31-26-25-22(28-17-29-26)15-24-27(32-25)34-11-5-4-6-20(34)16-35-24;1-3-2;1-2/h3,7-10,12,14-15,17,20H,4-6,11,13,16H2,1-2H3,(H,28,29,31);3H2,1-2H3;1-2H/b30-3-;;. The van der Waals surface area contributed by atoms with Crippen LogP contribution in [0.1, 0.15) is 52.0 Å². The van der Waals surface area contributed by atoms with Crippen molar-refractivity contribution in [3.63, 3.8) is 0 Å². The van der Waals surface area contributed by atoms with Crippen LogP contribution in [0.15, 0.2) is 59.8 Å². The molecule has 0 aliphatic carbocycles. The van der Waals surface area contributed by atoms with Crippen LogP contribution in [-0.2, 0) is 0 Å². The SMILES string of the molecule is C#C.C/C=N\N1C=CC(Oc2ccc(Nc3ncnc4cc5c(nc34)N3CCCCC3CO5)cc2C)=CC1.CCC. The lowest BCUT2D eigenvalue weighted by atomic mass is 10.0. The van der Waals surface area contributed by atoms with Gasteiger partial charge in [0.25, 0.3) is 0 Å². The van der Waals surface area contributed by atoms with E-state index in [1.807, 2.05) is 61.5 Å². The fraction of sp³-hybridized carbons (Fsp3) is 0.375. The molecule has 2 aromatic heterocycles. The number of allylic oxidation sites excluding steroid dienone is 1. The van der Waals surface area contributed by atoms with Crippen molar-refractivity contribution in [1.82, 2.24) is 20.0 Å². The summed E-state index contributed by atoms with van der Waals surface area (Å²) < 4.78 is 12.2. The van der Waals surface area contributed by atoms with Crippen LogP contribution in [0.5, 0.6) is 11.5 Å². The van der Waals surface area contributed by atoms with E-state index < -0.39 is 0 Å². The van der Waals surface area contributed by atoms with E-state index in [2.05, 4.69) is 52.0 Å². The number of terminal acetylenes is 1. The molecule has 0 saturated carbocycles. The number of ether oxygens (including phenoxy) is 2. The molecule has 0 amide bonds. The van der Waals surface area contributed by atoms with Crippen LogP contribution in [0.2, 0.25) is 0 Å². The van der Waals surface area contributed by atoms with Crippen LogP contribution in [0.4, 0.5) is 17.3 Å². The Bertz CT molecular complexity index is 1450. The first-order valence-electron chi connectivity index (χ1n) is 14.2. The van der Waals surface area contributed by atoms with Gasteiger partial charge in [-0.1, -0.05) is 20.3 Å². The van der Waals surface area contributed by atoms with Crippen molar-refractivity contribution in [2.24, 2.45) is 5.10 Å². The molecule has 0 radical (unpaired) electrons. The van der Waals surface area contributed by atoms with Crippen LogP contribution in [-0.4, -0.2) is 51.9 Å². The maximum atomic E-state index is 6.11. The van der Waals surface area contributed by atoms with Crippen LogP contribution < -0.4 is 19.7 Å². The van der Waals surface area contributed by atoms with Gasteiger partial charge in [-0.25, -0.2) is 15.0 Å². The summed E-state index contributed by atoms with van der Waals surface area (Å²) in [6, 6.07) is 8.37. The van der Waals surface area contributed by atoms with Gasteiger partial charge in [0.05, 0.1) is 18.1 Å². The Labute approximate surface area is 243 Å². The average molecular weight is 554 g/mol. The first kappa shape index (κ1) is 29.4. The van der Waals surface area contributed by atoms with Crippen LogP contribution in [0.25, 0.3) is 11.0 Å². The number of fused-ring (bicyclic) bond motifs is 4. The van der Waals surface area contributed by atoms with Crippen molar-refractivity contribution in [3.8, 4) is 24.3 Å². The number of hydrazone groups is 1. The molecule has 0 bridgehead atoms. The average Bonchev–Trinajstić information content (AvgIpc) is 3.00. The summed E-state index contributed by atoms with van der Waals surface area (Å²) in [5, 5.41) is 9.53. The summed E-state index contributed by atoms with van der Waals surface area (Å²) in [4.78, 5) is 16.3. The quantitative estimate of drug-likeness (QED) is 0.280. The monoisotopic (exact) mass is 553 g/mol. The lowest BCUT2D eigenvalue weighted by molar-refractivity contribution is 0.238. The van der Waals surface area contributed by atoms with Crippen molar-refractivity contribution < 1.29 is 9.47 Å². The number of aryl methyl sites for hydroxylation is 1. The predicted octanol–water partition coefficient (Wildman–Crippen LogP) is 6.59. The van der Waals surface area contributed by atoms with E-state index in [0.717, 1.165) is 58.3 Å². The van der Waals surface area contributed by atoms with E-state index in [4.69, 9.17) is 14.5 Å². The Morgan fingerprint density at radius 2 is 2.02 bits per heavy atom. The number of nitrogens with zero attached hydrogens (tertiary/aromatic N) is 6. The van der Waals surface area contributed by atoms with Gasteiger partial charge in [-0.05, 0) is 69.0 Å². The summed E-state index contributed by atoms with van der Waals surface area (Å²) in [5.41, 5.74) is 3.41. The van der Waals surface area contributed by atoms with Crippen molar-refractivity contribution >= 4 is 34.6 Å². The second-order valence-electron chi connectivity index (χ2n) is 9.89. The van der Waals surface area contributed by atoms with E-state index in [0.29, 0.717) is 25.0 Å². The van der Waals surface area contributed by atoms with Gasteiger partial charge < -0.3 is 19.7 Å². The second-order valence-corrected chi connectivity index (χ2v) is 9.89. The molecule has 3 aliphatic heterocycles. The van der Waals surface area contributed by atoms with E-state index in [-0.39, 0.29) is 0 Å². The van der Waals surface area contributed by atoms with Crippen molar-refractivity contribution in [2.75, 3.05) is 29.9 Å². The Morgan fingerprint density at radius 3 is 2.76 bits per heavy atom. The summed E-state index contributed by atoms with van der Waals surface area (Å²) in [6.07, 6.45) is 22.0. The van der Waals surface area contributed by atoms with Crippen LogP contribution >= 0.6 is 0 Å². The molecule has 1 saturated heterocycles. The number of rotatable bonds is 5. The number of benzene rings is 1. The maximum absolute atomic E-state index is 6.11. The highest BCUT2D eigenvalue weighted by Gasteiger charge is 2.31. The minimum Gasteiger partial charge on any atom is -0.487 e. The smallest absolute Gasteiger partial charge is 0.172 e. The zero-order chi connectivity index (χ0) is 29.2. The fourth-order valence-electron chi connectivity index (χ4n) is 4.89. The third-order valence-corrected chi connectivity index (χ3v) is 6.71. The zero-order valence-electron chi connectivity index (χ0n) is 24.4. The highest BCUT2D eigenvalue weighted by Crippen LogP contribution is 2.38. The van der Waals surface area contributed by atoms with Crippen LogP contribution in [0.3, 0.4) is 0 Å². The molecule has 1 fully saturated rings. The topological polar surface area (TPSA) is 88.0 Å². The minimum absolute atomic E-state index is 0.393. The number of pyridine rings is 1. The lowest BCUT2D eigenvalue weighted by Crippen LogP contribution is -2.46. The van der Waals surface area contributed by atoms with Gasteiger partial charge in [0.15, 0.2) is 17.4 Å². The summed E-state index contributed by atoms with van der Waals surface area (Å²) >= 11 is 0. The number of hydrogen-bond donors (Lipinski definition) is 1. The molecule has 6 rings (SSSR count). The minimum atomic E-state index is 0.393. The number of aromatic nitrogens is 3. The summed E-state index contributed by atoms with van der Waals surface area (Å²) in [5.74, 6) is 3.98. The van der Waals surface area contributed by atoms with Crippen molar-refractivity contribution in [3.05, 3.63) is 60.3 Å². The molecule has 214 valence electrons. The Balaban J connectivity index is 0.000000728. The molecule has 9 nitrogen and oxygen atoms in total. The van der Waals surface area contributed by atoms with Gasteiger partial charge in [-0.3, -0.25) is 5.01 Å². The molecule has 41 heavy (non-hydrogen) atoms. The molecule has 3 aromatic rings. The number of piperidine rings is 1. The Kier molecular flexibility index (Phi) is 10.2. The van der Waals surface area contributed by atoms with Gasteiger partial charge in [-0.2, -0.15) is 5.10 Å². The van der Waals surface area contributed by atoms with Crippen molar-refractivity contribution in [2.45, 2.75) is 59.4 Å². The number of nitrogens with one attached hydrogen (secondary N) is 1. The molecule has 1 unspecified atom stereocenters.